The van der Waals surface area contributed by atoms with E-state index in [9.17, 15) is 10.0 Å². The lowest BCUT2D eigenvalue weighted by molar-refractivity contribution is -0.0707. The number of ether oxygens (including phenoxy) is 1. The first-order valence-electron chi connectivity index (χ1n) is 7.85. The van der Waals surface area contributed by atoms with Crippen LogP contribution in [0.15, 0.2) is 54.6 Å². The van der Waals surface area contributed by atoms with Gasteiger partial charge in [-0.2, -0.15) is 0 Å². The molecule has 1 saturated carbocycles. The first-order valence-corrected chi connectivity index (χ1v) is 7.85. The van der Waals surface area contributed by atoms with E-state index in [0.717, 1.165) is 30.7 Å². The normalized spacial score (nSPS) is 14.5. The zero-order valence-corrected chi connectivity index (χ0v) is 12.8. The fourth-order valence-corrected chi connectivity index (χ4v) is 2.76. The highest BCUT2D eigenvalue weighted by molar-refractivity contribution is 5.90. The predicted molar refractivity (Wildman–Crippen MR) is 87.9 cm³/mol. The number of urea groups is 1. The summed E-state index contributed by atoms with van der Waals surface area (Å²) in [5.74, 6) is 1.22. The van der Waals surface area contributed by atoms with Crippen molar-refractivity contribution in [1.29, 1.82) is 0 Å². The summed E-state index contributed by atoms with van der Waals surface area (Å²) in [6, 6.07) is 15.9. The van der Waals surface area contributed by atoms with Crippen LogP contribution >= 0.6 is 0 Å². The van der Waals surface area contributed by atoms with Crippen LogP contribution in [0.3, 0.4) is 0 Å². The van der Waals surface area contributed by atoms with E-state index in [1.165, 1.54) is 0 Å². The quantitative estimate of drug-likeness (QED) is 0.638. The first kappa shape index (κ1) is 15.4. The summed E-state index contributed by atoms with van der Waals surface area (Å²) >= 11 is 0. The van der Waals surface area contributed by atoms with Gasteiger partial charge in [-0.1, -0.05) is 43.2 Å². The number of nitrogens with one attached hydrogen (secondary N) is 1. The van der Waals surface area contributed by atoms with Crippen molar-refractivity contribution in [1.82, 2.24) is 5.06 Å². The lowest BCUT2D eigenvalue weighted by atomic mass is 10.2. The minimum absolute atomic E-state index is 0.0998. The van der Waals surface area contributed by atoms with Crippen molar-refractivity contribution in [2.45, 2.75) is 31.7 Å². The molecule has 3 rings (SSSR count). The molecule has 120 valence electrons. The molecule has 0 aromatic heterocycles. The molecule has 0 heterocycles. The molecule has 2 aromatic carbocycles. The van der Waals surface area contributed by atoms with E-state index >= 15 is 0 Å². The molecule has 2 N–H and O–H groups in total. The predicted octanol–water partition coefficient (Wildman–Crippen LogP) is 4.64. The molecule has 5 heteroatoms. The number of anilines is 1. The maximum Gasteiger partial charge on any atom is 0.345 e. The number of carbonyl (C=O) groups excluding carboxylic acids is 1. The third-order valence-corrected chi connectivity index (χ3v) is 3.98. The monoisotopic (exact) mass is 312 g/mol. The van der Waals surface area contributed by atoms with Crippen LogP contribution in [-0.4, -0.2) is 22.3 Å². The van der Waals surface area contributed by atoms with E-state index in [4.69, 9.17) is 4.74 Å². The van der Waals surface area contributed by atoms with E-state index in [-0.39, 0.29) is 6.04 Å². The van der Waals surface area contributed by atoms with E-state index < -0.39 is 6.03 Å². The highest BCUT2D eigenvalue weighted by Gasteiger charge is 2.26. The van der Waals surface area contributed by atoms with Gasteiger partial charge in [0.2, 0.25) is 0 Å². The second-order valence-electron chi connectivity index (χ2n) is 5.62. The highest BCUT2D eigenvalue weighted by Crippen LogP contribution is 2.30. The Morgan fingerprint density at radius 3 is 2.43 bits per heavy atom. The maximum absolute atomic E-state index is 12.2. The van der Waals surface area contributed by atoms with Gasteiger partial charge in [0.25, 0.3) is 0 Å². The van der Waals surface area contributed by atoms with E-state index in [0.29, 0.717) is 17.2 Å². The van der Waals surface area contributed by atoms with E-state index in [1.807, 2.05) is 42.5 Å². The molecule has 23 heavy (non-hydrogen) atoms. The van der Waals surface area contributed by atoms with Crippen molar-refractivity contribution in [3.05, 3.63) is 54.6 Å². The Bertz CT molecular complexity index is 654. The van der Waals surface area contributed by atoms with Crippen molar-refractivity contribution < 1.29 is 14.7 Å². The lowest BCUT2D eigenvalue weighted by Gasteiger charge is -2.22. The molecule has 0 radical (unpaired) electrons. The Morgan fingerprint density at radius 2 is 1.70 bits per heavy atom. The number of benzene rings is 2. The highest BCUT2D eigenvalue weighted by atomic mass is 16.5. The summed E-state index contributed by atoms with van der Waals surface area (Å²) in [6.45, 7) is 0. The van der Waals surface area contributed by atoms with Crippen LogP contribution in [0.2, 0.25) is 0 Å². The third kappa shape index (κ3) is 3.81. The molecule has 2 amide bonds. The third-order valence-electron chi connectivity index (χ3n) is 3.98. The molecule has 0 saturated heterocycles. The van der Waals surface area contributed by atoms with Crippen molar-refractivity contribution in [3.8, 4) is 11.5 Å². The standard InChI is InChI=1S/C18H20N2O3/c21-18(20(22)14-8-4-5-9-14)19-16-12-6-7-13-17(16)23-15-10-2-1-3-11-15/h1-3,6-7,10-14,22H,4-5,8-9H2,(H,19,21). The van der Waals surface area contributed by atoms with Gasteiger partial charge >= 0.3 is 6.03 Å². The molecule has 0 spiro atoms. The molecule has 1 aliphatic carbocycles. The molecule has 0 bridgehead atoms. The molecular formula is C18H20N2O3. The number of carbonyl (C=O) groups is 1. The number of hydrogen-bond acceptors (Lipinski definition) is 3. The Hall–Kier alpha value is -2.53. The largest absolute Gasteiger partial charge is 0.455 e. The summed E-state index contributed by atoms with van der Waals surface area (Å²) in [5, 5.41) is 13.6. The summed E-state index contributed by atoms with van der Waals surface area (Å²) in [4.78, 5) is 12.2. The van der Waals surface area contributed by atoms with Crippen molar-refractivity contribution in [3.63, 3.8) is 0 Å². The van der Waals surface area contributed by atoms with Gasteiger partial charge in [0, 0.05) is 0 Å². The van der Waals surface area contributed by atoms with Gasteiger partial charge in [-0.3, -0.25) is 5.21 Å². The van der Waals surface area contributed by atoms with Gasteiger partial charge < -0.3 is 10.1 Å². The second-order valence-corrected chi connectivity index (χ2v) is 5.62. The Kier molecular flexibility index (Phi) is 4.78. The lowest BCUT2D eigenvalue weighted by Crippen LogP contribution is -2.38. The van der Waals surface area contributed by atoms with Crippen molar-refractivity contribution in [2.24, 2.45) is 0 Å². The molecular weight excluding hydrogens is 292 g/mol. The fourth-order valence-electron chi connectivity index (χ4n) is 2.76. The van der Waals surface area contributed by atoms with Gasteiger partial charge in [0.1, 0.15) is 5.75 Å². The van der Waals surface area contributed by atoms with Gasteiger partial charge in [0.15, 0.2) is 5.75 Å². The van der Waals surface area contributed by atoms with Crippen LogP contribution in [0, 0.1) is 0 Å². The zero-order chi connectivity index (χ0) is 16.1. The van der Waals surface area contributed by atoms with Crippen LogP contribution < -0.4 is 10.1 Å². The molecule has 0 atom stereocenters. The second kappa shape index (κ2) is 7.15. The first-order chi connectivity index (χ1) is 11.2. The number of para-hydroxylation sites is 3. The number of hydrogen-bond donors (Lipinski definition) is 2. The summed E-state index contributed by atoms with van der Waals surface area (Å²) in [5.41, 5.74) is 0.526. The summed E-state index contributed by atoms with van der Waals surface area (Å²) in [7, 11) is 0. The van der Waals surface area contributed by atoms with Gasteiger partial charge in [0.05, 0.1) is 11.7 Å². The minimum atomic E-state index is -0.527. The van der Waals surface area contributed by atoms with Crippen LogP contribution in [0.1, 0.15) is 25.7 Å². The molecule has 0 unspecified atom stereocenters. The van der Waals surface area contributed by atoms with E-state index in [2.05, 4.69) is 5.32 Å². The van der Waals surface area contributed by atoms with E-state index in [1.54, 1.807) is 12.1 Å². The number of rotatable bonds is 4. The zero-order valence-electron chi connectivity index (χ0n) is 12.8. The van der Waals surface area contributed by atoms with Crippen LogP contribution in [-0.2, 0) is 0 Å². The molecule has 0 aliphatic heterocycles. The Morgan fingerprint density at radius 1 is 1.04 bits per heavy atom. The van der Waals surface area contributed by atoms with Gasteiger partial charge in [-0.15, -0.1) is 0 Å². The van der Waals surface area contributed by atoms with Crippen LogP contribution in [0.5, 0.6) is 11.5 Å². The van der Waals surface area contributed by atoms with Gasteiger partial charge in [-0.05, 0) is 37.1 Å². The van der Waals surface area contributed by atoms with Crippen molar-refractivity contribution in [2.75, 3.05) is 5.32 Å². The average Bonchev–Trinajstić information content (AvgIpc) is 3.11. The van der Waals surface area contributed by atoms with Crippen LogP contribution in [0.25, 0.3) is 0 Å². The smallest absolute Gasteiger partial charge is 0.345 e. The Balaban J connectivity index is 1.71. The topological polar surface area (TPSA) is 61.8 Å². The number of nitrogens with zero attached hydrogens (tertiary/aromatic N) is 1. The van der Waals surface area contributed by atoms with Crippen LogP contribution in [0.4, 0.5) is 10.5 Å². The average molecular weight is 312 g/mol. The summed E-state index contributed by atoms with van der Waals surface area (Å²) < 4.78 is 5.80. The Labute approximate surface area is 135 Å². The maximum atomic E-state index is 12.2. The molecule has 5 nitrogen and oxygen atoms in total. The van der Waals surface area contributed by atoms with Crippen molar-refractivity contribution >= 4 is 11.7 Å². The molecule has 1 fully saturated rings. The fraction of sp³-hybridized carbons (Fsp3) is 0.278. The SMILES string of the molecule is O=C(Nc1ccccc1Oc1ccccc1)N(O)C1CCCC1. The minimum Gasteiger partial charge on any atom is -0.455 e. The van der Waals surface area contributed by atoms with Gasteiger partial charge in [-0.25, -0.2) is 9.86 Å². The number of hydroxylamine groups is 2. The molecule has 1 aliphatic rings. The number of amides is 2. The summed E-state index contributed by atoms with van der Waals surface area (Å²) in [6.07, 6.45) is 3.77. The molecule has 2 aromatic rings.